The van der Waals surface area contributed by atoms with E-state index in [0.29, 0.717) is 12.8 Å². The number of benzene rings is 1. The fourth-order valence-electron chi connectivity index (χ4n) is 3.77. The Morgan fingerprint density at radius 2 is 2.04 bits per heavy atom. The molecule has 0 bridgehead atoms. The van der Waals surface area contributed by atoms with Crippen LogP contribution in [0, 0.1) is 5.82 Å². The van der Waals surface area contributed by atoms with Crippen molar-refractivity contribution in [2.75, 3.05) is 6.61 Å². The molecule has 0 spiro atoms. The highest BCUT2D eigenvalue weighted by molar-refractivity contribution is 5.80. The molecule has 23 heavy (non-hydrogen) atoms. The Bertz CT molecular complexity index is 590. The standard InChI is InChI=1S/C17H21FN2O3/c18-12-7-5-11(6-8-12)15-9-13-14(20(15)17(23)10-21)3-1-2-4-16(22)19-13/h5-8,13-15,21H,1-4,9-10H2,(H,19,22)/t13-,14+,15+/m1/s1. The molecule has 124 valence electrons. The van der Waals surface area contributed by atoms with E-state index in [-0.39, 0.29) is 35.8 Å². The first-order valence-corrected chi connectivity index (χ1v) is 8.07. The first-order chi connectivity index (χ1) is 11.1. The summed E-state index contributed by atoms with van der Waals surface area (Å²) in [5, 5.41) is 12.3. The smallest absolute Gasteiger partial charge is 0.249 e. The Kier molecular flexibility index (Phi) is 4.61. The summed E-state index contributed by atoms with van der Waals surface area (Å²) in [6, 6.07) is 5.59. The van der Waals surface area contributed by atoms with Crippen molar-refractivity contribution in [3.05, 3.63) is 35.6 Å². The highest BCUT2D eigenvalue weighted by Gasteiger charge is 2.44. The van der Waals surface area contributed by atoms with Crippen molar-refractivity contribution in [2.24, 2.45) is 0 Å². The second-order valence-electron chi connectivity index (χ2n) is 6.25. The second kappa shape index (κ2) is 6.66. The van der Waals surface area contributed by atoms with Crippen LogP contribution in [-0.4, -0.2) is 40.5 Å². The third-order valence-electron chi connectivity index (χ3n) is 4.81. The van der Waals surface area contributed by atoms with Crippen molar-refractivity contribution in [3.8, 4) is 0 Å². The average Bonchev–Trinajstić information content (AvgIpc) is 2.87. The summed E-state index contributed by atoms with van der Waals surface area (Å²) >= 11 is 0. The predicted molar refractivity (Wildman–Crippen MR) is 81.9 cm³/mol. The van der Waals surface area contributed by atoms with Gasteiger partial charge in [0.05, 0.1) is 18.1 Å². The van der Waals surface area contributed by atoms with Gasteiger partial charge in [-0.2, -0.15) is 0 Å². The lowest BCUT2D eigenvalue weighted by molar-refractivity contribution is -0.138. The van der Waals surface area contributed by atoms with E-state index >= 15 is 0 Å². The summed E-state index contributed by atoms with van der Waals surface area (Å²) in [6.07, 6.45) is 3.58. The van der Waals surface area contributed by atoms with Gasteiger partial charge in [0.1, 0.15) is 12.4 Å². The minimum Gasteiger partial charge on any atom is -0.387 e. The van der Waals surface area contributed by atoms with Crippen LogP contribution in [0.25, 0.3) is 0 Å². The predicted octanol–water partition coefficient (Wildman–Crippen LogP) is 1.52. The number of fused-ring (bicyclic) bond motifs is 1. The topological polar surface area (TPSA) is 69.6 Å². The normalized spacial score (nSPS) is 27.8. The van der Waals surface area contributed by atoms with E-state index < -0.39 is 6.61 Å². The maximum atomic E-state index is 13.2. The summed E-state index contributed by atoms with van der Waals surface area (Å²) in [5.74, 6) is -0.663. The maximum absolute atomic E-state index is 13.2. The van der Waals surface area contributed by atoms with Gasteiger partial charge in [-0.1, -0.05) is 18.6 Å². The molecule has 0 saturated carbocycles. The van der Waals surface area contributed by atoms with Crippen LogP contribution in [0.15, 0.2) is 24.3 Å². The van der Waals surface area contributed by atoms with Crippen LogP contribution < -0.4 is 5.32 Å². The van der Waals surface area contributed by atoms with Crippen LogP contribution in [0.3, 0.4) is 0 Å². The monoisotopic (exact) mass is 320 g/mol. The number of carbonyl (C=O) groups is 2. The zero-order chi connectivity index (χ0) is 16.4. The minimum absolute atomic E-state index is 0.0100. The summed E-state index contributed by atoms with van der Waals surface area (Å²) < 4.78 is 13.2. The lowest BCUT2D eigenvalue weighted by atomic mass is 9.97. The van der Waals surface area contributed by atoms with E-state index in [2.05, 4.69) is 5.32 Å². The fourth-order valence-corrected chi connectivity index (χ4v) is 3.77. The van der Waals surface area contributed by atoms with Crippen LogP contribution in [0.2, 0.25) is 0 Å². The number of likely N-dealkylation sites (tertiary alicyclic amines) is 1. The number of aliphatic hydroxyl groups excluding tert-OH is 1. The highest BCUT2D eigenvalue weighted by atomic mass is 19.1. The molecule has 2 aliphatic rings. The lowest BCUT2D eigenvalue weighted by Gasteiger charge is -2.32. The summed E-state index contributed by atoms with van der Waals surface area (Å²) in [5.41, 5.74) is 0.828. The van der Waals surface area contributed by atoms with Crippen molar-refractivity contribution in [3.63, 3.8) is 0 Å². The number of nitrogens with one attached hydrogen (secondary N) is 1. The van der Waals surface area contributed by atoms with E-state index in [1.807, 2.05) is 0 Å². The first kappa shape index (κ1) is 15.9. The molecule has 3 atom stereocenters. The molecule has 3 rings (SSSR count). The minimum atomic E-state index is -0.561. The Morgan fingerprint density at radius 3 is 2.74 bits per heavy atom. The summed E-state index contributed by atoms with van der Waals surface area (Å²) in [4.78, 5) is 25.9. The number of hydrogen-bond donors (Lipinski definition) is 2. The van der Waals surface area contributed by atoms with Gasteiger partial charge in [-0.15, -0.1) is 0 Å². The fraction of sp³-hybridized carbons (Fsp3) is 0.529. The molecule has 0 aliphatic carbocycles. The Labute approximate surface area is 134 Å². The third kappa shape index (κ3) is 3.22. The van der Waals surface area contributed by atoms with Gasteiger partial charge in [-0.3, -0.25) is 9.59 Å². The second-order valence-corrected chi connectivity index (χ2v) is 6.25. The Hall–Kier alpha value is -1.95. The van der Waals surface area contributed by atoms with Crippen LogP contribution in [0.4, 0.5) is 4.39 Å². The SMILES string of the molecule is O=C1CCCC[C@H]2[C@@H](C[C@@H](c3ccc(F)cc3)N2C(=O)CO)N1. The van der Waals surface area contributed by atoms with E-state index in [1.165, 1.54) is 12.1 Å². The summed E-state index contributed by atoms with van der Waals surface area (Å²) in [7, 11) is 0. The molecular formula is C17H21FN2O3. The number of nitrogens with zero attached hydrogens (tertiary/aromatic N) is 1. The molecule has 2 amide bonds. The number of hydrogen-bond acceptors (Lipinski definition) is 3. The molecule has 2 heterocycles. The zero-order valence-corrected chi connectivity index (χ0v) is 12.9. The van der Waals surface area contributed by atoms with Gasteiger partial charge in [0.15, 0.2) is 0 Å². The molecule has 2 N–H and O–H groups in total. The van der Waals surface area contributed by atoms with E-state index in [4.69, 9.17) is 0 Å². The molecule has 2 aliphatic heterocycles. The molecule has 1 aromatic carbocycles. The van der Waals surface area contributed by atoms with Gasteiger partial charge in [-0.05, 0) is 37.0 Å². The van der Waals surface area contributed by atoms with Crippen LogP contribution >= 0.6 is 0 Å². The number of carbonyl (C=O) groups excluding carboxylic acids is 2. The van der Waals surface area contributed by atoms with Crippen molar-refractivity contribution >= 4 is 11.8 Å². The van der Waals surface area contributed by atoms with Crippen molar-refractivity contribution in [2.45, 2.75) is 50.2 Å². The lowest BCUT2D eigenvalue weighted by Crippen LogP contribution is -2.48. The molecule has 0 unspecified atom stereocenters. The molecular weight excluding hydrogens is 299 g/mol. The third-order valence-corrected chi connectivity index (χ3v) is 4.81. The Morgan fingerprint density at radius 1 is 1.30 bits per heavy atom. The molecule has 0 aromatic heterocycles. The van der Waals surface area contributed by atoms with Crippen LogP contribution in [0.1, 0.15) is 43.7 Å². The number of rotatable bonds is 2. The molecule has 2 saturated heterocycles. The molecule has 1 aromatic rings. The van der Waals surface area contributed by atoms with Crippen molar-refractivity contribution < 1.29 is 19.1 Å². The first-order valence-electron chi connectivity index (χ1n) is 8.07. The van der Waals surface area contributed by atoms with E-state index in [1.54, 1.807) is 17.0 Å². The van der Waals surface area contributed by atoms with Gasteiger partial charge in [0.25, 0.3) is 0 Å². The van der Waals surface area contributed by atoms with Gasteiger partial charge < -0.3 is 15.3 Å². The highest BCUT2D eigenvalue weighted by Crippen LogP contribution is 2.39. The van der Waals surface area contributed by atoms with E-state index in [0.717, 1.165) is 24.8 Å². The largest absolute Gasteiger partial charge is 0.387 e. The van der Waals surface area contributed by atoms with Gasteiger partial charge in [0, 0.05) is 6.42 Å². The molecule has 2 fully saturated rings. The zero-order valence-electron chi connectivity index (χ0n) is 12.9. The molecule has 0 radical (unpaired) electrons. The number of halogens is 1. The van der Waals surface area contributed by atoms with Gasteiger partial charge >= 0.3 is 0 Å². The van der Waals surface area contributed by atoms with Crippen molar-refractivity contribution in [1.82, 2.24) is 10.2 Å². The average molecular weight is 320 g/mol. The maximum Gasteiger partial charge on any atom is 0.249 e. The Balaban J connectivity index is 1.92. The van der Waals surface area contributed by atoms with E-state index in [9.17, 15) is 19.1 Å². The van der Waals surface area contributed by atoms with Crippen molar-refractivity contribution in [1.29, 1.82) is 0 Å². The number of amides is 2. The van der Waals surface area contributed by atoms with Gasteiger partial charge in [0.2, 0.25) is 11.8 Å². The van der Waals surface area contributed by atoms with Gasteiger partial charge in [-0.25, -0.2) is 4.39 Å². The quantitative estimate of drug-likeness (QED) is 0.868. The molecule has 5 nitrogen and oxygen atoms in total. The molecule has 6 heteroatoms. The number of aliphatic hydroxyl groups is 1. The van der Waals surface area contributed by atoms with Crippen LogP contribution in [-0.2, 0) is 9.59 Å². The summed E-state index contributed by atoms with van der Waals surface area (Å²) in [6.45, 7) is -0.561. The van der Waals surface area contributed by atoms with Crippen LogP contribution in [0.5, 0.6) is 0 Å².